The van der Waals surface area contributed by atoms with Crippen LogP contribution in [0.15, 0.2) is 36.7 Å². The molecule has 0 spiro atoms. The molecule has 0 radical (unpaired) electrons. The fourth-order valence-electron chi connectivity index (χ4n) is 2.37. The molecule has 0 aromatic carbocycles. The Morgan fingerprint density at radius 3 is 2.62 bits per heavy atom. The van der Waals surface area contributed by atoms with Gasteiger partial charge in [-0.1, -0.05) is 0 Å². The number of fused-ring (bicyclic) bond motifs is 1. The number of alkyl carbamates (subject to hydrolysis) is 1. The van der Waals surface area contributed by atoms with Crippen molar-refractivity contribution in [3.05, 3.63) is 48.2 Å². The molecule has 3 heterocycles. The van der Waals surface area contributed by atoms with Gasteiger partial charge in [0.1, 0.15) is 11.4 Å². The Labute approximate surface area is 151 Å². The third-order valence-corrected chi connectivity index (χ3v) is 3.48. The van der Waals surface area contributed by atoms with Gasteiger partial charge in [-0.05, 0) is 52.0 Å². The number of hydrogen-bond donors (Lipinski definition) is 1. The maximum Gasteiger partial charge on any atom is 0.407 e. The Hall–Kier alpha value is -3.09. The lowest BCUT2D eigenvalue weighted by atomic mass is 10.2. The molecule has 0 saturated heterocycles. The lowest BCUT2D eigenvalue weighted by molar-refractivity contribution is 0.0523. The quantitative estimate of drug-likeness (QED) is 0.777. The van der Waals surface area contributed by atoms with Crippen molar-refractivity contribution >= 4 is 17.0 Å². The van der Waals surface area contributed by atoms with E-state index in [9.17, 15) is 4.79 Å². The van der Waals surface area contributed by atoms with Crippen LogP contribution in [0.2, 0.25) is 0 Å². The molecular formula is C19H21N5O2. The van der Waals surface area contributed by atoms with Gasteiger partial charge in [0.15, 0.2) is 0 Å². The number of aromatic nitrogens is 4. The van der Waals surface area contributed by atoms with E-state index in [0.717, 1.165) is 22.3 Å². The van der Waals surface area contributed by atoms with Crippen molar-refractivity contribution in [2.45, 2.75) is 39.8 Å². The molecule has 1 N–H and O–H groups in total. The van der Waals surface area contributed by atoms with Gasteiger partial charge in [0.25, 0.3) is 0 Å². The van der Waals surface area contributed by atoms with E-state index in [1.54, 1.807) is 12.4 Å². The van der Waals surface area contributed by atoms with E-state index in [0.29, 0.717) is 11.5 Å². The van der Waals surface area contributed by atoms with Gasteiger partial charge >= 0.3 is 6.09 Å². The van der Waals surface area contributed by atoms with Crippen LogP contribution in [-0.2, 0) is 11.3 Å². The fraction of sp³-hybridized carbons (Fsp3) is 0.316. The first-order valence-corrected chi connectivity index (χ1v) is 8.33. The minimum Gasteiger partial charge on any atom is -0.444 e. The molecule has 0 aliphatic heterocycles. The average molecular weight is 351 g/mol. The van der Waals surface area contributed by atoms with Crippen molar-refractivity contribution in [3.8, 4) is 11.4 Å². The zero-order chi connectivity index (χ0) is 18.7. The van der Waals surface area contributed by atoms with Gasteiger partial charge in [-0.25, -0.2) is 19.7 Å². The molecule has 134 valence electrons. The van der Waals surface area contributed by atoms with Crippen molar-refractivity contribution in [2.24, 2.45) is 0 Å². The molecule has 0 fully saturated rings. The molecule has 26 heavy (non-hydrogen) atoms. The Morgan fingerprint density at radius 2 is 1.88 bits per heavy atom. The fourth-order valence-corrected chi connectivity index (χ4v) is 2.37. The number of amides is 1. The van der Waals surface area contributed by atoms with Crippen LogP contribution in [0.4, 0.5) is 4.79 Å². The minimum atomic E-state index is -0.535. The van der Waals surface area contributed by atoms with Crippen molar-refractivity contribution < 1.29 is 9.53 Å². The average Bonchev–Trinajstić information content (AvgIpc) is 2.58. The molecular weight excluding hydrogens is 330 g/mol. The molecule has 3 rings (SSSR count). The zero-order valence-electron chi connectivity index (χ0n) is 15.3. The van der Waals surface area contributed by atoms with Crippen LogP contribution in [0.25, 0.3) is 22.3 Å². The highest BCUT2D eigenvalue weighted by Gasteiger charge is 2.16. The van der Waals surface area contributed by atoms with Crippen LogP contribution in [0.1, 0.15) is 32.3 Å². The molecule has 0 unspecified atom stereocenters. The molecule has 7 heteroatoms. The summed E-state index contributed by atoms with van der Waals surface area (Å²) >= 11 is 0. The molecule has 0 atom stereocenters. The summed E-state index contributed by atoms with van der Waals surface area (Å²) in [5, 5.41) is 3.62. The number of rotatable bonds is 3. The summed E-state index contributed by atoms with van der Waals surface area (Å²) in [4.78, 5) is 29.3. The highest BCUT2D eigenvalue weighted by molar-refractivity contribution is 5.80. The van der Waals surface area contributed by atoms with Gasteiger partial charge in [0.2, 0.25) is 0 Å². The van der Waals surface area contributed by atoms with Crippen molar-refractivity contribution in [2.75, 3.05) is 0 Å². The normalized spacial score (nSPS) is 11.4. The van der Waals surface area contributed by atoms with Gasteiger partial charge in [0.05, 0.1) is 29.1 Å². The summed E-state index contributed by atoms with van der Waals surface area (Å²) in [6, 6.07) is 7.54. The van der Waals surface area contributed by atoms with Gasteiger partial charge < -0.3 is 10.1 Å². The third kappa shape index (κ3) is 4.50. The molecule has 0 aliphatic carbocycles. The Bertz CT molecular complexity index is 950. The summed E-state index contributed by atoms with van der Waals surface area (Å²) in [6.45, 7) is 7.57. The van der Waals surface area contributed by atoms with Crippen LogP contribution in [-0.4, -0.2) is 31.6 Å². The first kappa shape index (κ1) is 17.7. The van der Waals surface area contributed by atoms with Crippen LogP contribution in [0, 0.1) is 6.92 Å². The molecule has 0 saturated carbocycles. The number of carbonyl (C=O) groups is 1. The Balaban J connectivity index is 1.80. The molecule has 3 aromatic heterocycles. The van der Waals surface area contributed by atoms with E-state index in [-0.39, 0.29) is 6.54 Å². The number of aryl methyl sites for hydroxylation is 1. The van der Waals surface area contributed by atoms with E-state index in [4.69, 9.17) is 4.74 Å². The number of nitrogens with zero attached hydrogens (tertiary/aromatic N) is 4. The van der Waals surface area contributed by atoms with Gasteiger partial charge in [0, 0.05) is 17.8 Å². The first-order valence-electron chi connectivity index (χ1n) is 8.33. The van der Waals surface area contributed by atoms with Crippen LogP contribution in [0.5, 0.6) is 0 Å². The minimum absolute atomic E-state index is 0.267. The summed E-state index contributed by atoms with van der Waals surface area (Å²) < 4.78 is 5.23. The van der Waals surface area contributed by atoms with E-state index >= 15 is 0 Å². The predicted octanol–water partition coefficient (Wildman–Crippen LogP) is 3.42. The van der Waals surface area contributed by atoms with Gasteiger partial charge in [-0.15, -0.1) is 0 Å². The van der Waals surface area contributed by atoms with Crippen LogP contribution >= 0.6 is 0 Å². The SMILES string of the molecule is Cc1nccc(-c2ccc3cnc(CNC(=O)OC(C)(C)C)cc3n2)n1. The number of nitrogens with one attached hydrogen (secondary N) is 1. The van der Waals surface area contributed by atoms with Crippen molar-refractivity contribution in [3.63, 3.8) is 0 Å². The third-order valence-electron chi connectivity index (χ3n) is 3.48. The smallest absolute Gasteiger partial charge is 0.407 e. The standard InChI is InChI=1S/C19H21N5O2/c1-12-20-8-7-16(23-12)15-6-5-13-10-21-14(9-17(13)24-15)11-22-18(25)26-19(2,3)4/h5-10H,11H2,1-4H3,(H,22,25). The Kier molecular flexibility index (Phi) is 4.79. The monoisotopic (exact) mass is 351 g/mol. The number of carbonyl (C=O) groups excluding carboxylic acids is 1. The summed E-state index contributed by atoms with van der Waals surface area (Å²) in [5.74, 6) is 0.696. The van der Waals surface area contributed by atoms with E-state index in [1.165, 1.54) is 0 Å². The highest BCUT2D eigenvalue weighted by atomic mass is 16.6. The summed E-state index contributed by atoms with van der Waals surface area (Å²) in [7, 11) is 0. The molecule has 3 aromatic rings. The number of ether oxygens (including phenoxy) is 1. The molecule has 7 nitrogen and oxygen atoms in total. The van der Waals surface area contributed by atoms with E-state index in [1.807, 2.05) is 52.0 Å². The largest absolute Gasteiger partial charge is 0.444 e. The number of hydrogen-bond acceptors (Lipinski definition) is 6. The highest BCUT2D eigenvalue weighted by Crippen LogP contribution is 2.19. The maximum atomic E-state index is 11.8. The number of pyridine rings is 2. The van der Waals surface area contributed by atoms with Crippen LogP contribution in [0.3, 0.4) is 0 Å². The van der Waals surface area contributed by atoms with E-state index < -0.39 is 11.7 Å². The van der Waals surface area contributed by atoms with Gasteiger partial charge in [-0.2, -0.15) is 0 Å². The van der Waals surface area contributed by atoms with Crippen LogP contribution < -0.4 is 5.32 Å². The van der Waals surface area contributed by atoms with E-state index in [2.05, 4.69) is 25.3 Å². The first-order chi connectivity index (χ1) is 12.3. The predicted molar refractivity (Wildman–Crippen MR) is 98.4 cm³/mol. The summed E-state index contributed by atoms with van der Waals surface area (Å²) in [5.41, 5.74) is 2.49. The van der Waals surface area contributed by atoms with Gasteiger partial charge in [-0.3, -0.25) is 4.98 Å². The lowest BCUT2D eigenvalue weighted by Crippen LogP contribution is -2.32. The maximum absolute atomic E-state index is 11.8. The van der Waals surface area contributed by atoms with Crippen molar-refractivity contribution in [1.82, 2.24) is 25.3 Å². The second kappa shape index (κ2) is 7.03. The lowest BCUT2D eigenvalue weighted by Gasteiger charge is -2.19. The molecule has 0 aliphatic rings. The Morgan fingerprint density at radius 1 is 1.12 bits per heavy atom. The molecule has 0 bridgehead atoms. The molecule has 1 amide bonds. The van der Waals surface area contributed by atoms with Crippen molar-refractivity contribution in [1.29, 1.82) is 0 Å². The second-order valence-corrected chi connectivity index (χ2v) is 6.91. The second-order valence-electron chi connectivity index (χ2n) is 6.91. The zero-order valence-corrected chi connectivity index (χ0v) is 15.3. The topological polar surface area (TPSA) is 89.9 Å². The summed E-state index contributed by atoms with van der Waals surface area (Å²) in [6.07, 6.45) is 2.98.